The first kappa shape index (κ1) is 36.3. The van der Waals surface area contributed by atoms with Crippen LogP contribution in [0.15, 0.2) is 79.7 Å². The normalized spacial score (nSPS) is 16.7. The van der Waals surface area contributed by atoms with Gasteiger partial charge >= 0.3 is 0 Å². The Morgan fingerprint density at radius 3 is 1.61 bits per heavy atom. The van der Waals surface area contributed by atoms with Gasteiger partial charge in [0.25, 0.3) is 0 Å². The standard InChI is InChI=1S/C13H18N2.C12H17N3.C12H19N.CH4/c1-9-12-10(6-7-14-12)11(8-15(9)5)13(2,3)4;1-8-11-9(6-13-14-11)10(7-15(8)5)12(2,3)4;1-9-7-11(12(3,4)5)8-13(6)10(9)2;/h6-8,14H,1H2,2-5H3;6-7H,1H2,2-5H3,(H,13,14);7-8H,2H2,1,3-6H3;1H4. The topological polar surface area (TPSA) is 54.2 Å². The first-order valence-corrected chi connectivity index (χ1v) is 15.0. The fraction of sp³-hybridized carbons (Fsp3) is 0.447. The molecule has 0 saturated carbocycles. The van der Waals surface area contributed by atoms with Crippen molar-refractivity contribution in [2.75, 3.05) is 21.1 Å². The molecule has 5 heterocycles. The summed E-state index contributed by atoms with van der Waals surface area (Å²) >= 11 is 0. The Morgan fingerprint density at radius 1 is 0.659 bits per heavy atom. The van der Waals surface area contributed by atoms with E-state index in [1.54, 1.807) is 0 Å². The maximum absolute atomic E-state index is 4.10. The fourth-order valence-electron chi connectivity index (χ4n) is 5.10. The van der Waals surface area contributed by atoms with Crippen LogP contribution in [0.5, 0.6) is 0 Å². The van der Waals surface area contributed by atoms with Crippen molar-refractivity contribution in [3.05, 3.63) is 102 Å². The lowest BCUT2D eigenvalue weighted by molar-refractivity contribution is 0.479. The molecule has 0 atom stereocenters. The summed E-state index contributed by atoms with van der Waals surface area (Å²) in [6.45, 7) is 34.2. The molecule has 0 fully saturated rings. The van der Waals surface area contributed by atoms with Gasteiger partial charge in [0.1, 0.15) is 0 Å². The summed E-state index contributed by atoms with van der Waals surface area (Å²) in [6.07, 6.45) is 12.6. The monoisotopic (exact) mass is 598 g/mol. The van der Waals surface area contributed by atoms with Crippen LogP contribution in [0.4, 0.5) is 0 Å². The number of fused-ring (bicyclic) bond motifs is 2. The van der Waals surface area contributed by atoms with Crippen LogP contribution in [0.3, 0.4) is 0 Å². The van der Waals surface area contributed by atoms with Crippen molar-refractivity contribution in [3.8, 4) is 0 Å². The lowest BCUT2D eigenvalue weighted by Gasteiger charge is -2.31. The predicted octanol–water partition coefficient (Wildman–Crippen LogP) is 9.99. The van der Waals surface area contributed by atoms with E-state index in [0.29, 0.717) is 0 Å². The highest BCUT2D eigenvalue weighted by Gasteiger charge is 2.29. The minimum atomic E-state index is 0. The van der Waals surface area contributed by atoms with E-state index in [-0.39, 0.29) is 23.7 Å². The SMILES string of the molecule is C.C=C1C(C)=CC(C(C)(C)C)=CN1C.C=C1c2[nH]ccc2C(C(C)(C)C)=CN1C.C=C1c2[nH]ncc2C(C(C)(C)C)=CN1C. The average molecular weight is 599 g/mol. The number of hydrogen-bond acceptors (Lipinski definition) is 4. The van der Waals surface area contributed by atoms with E-state index in [2.05, 4.69) is 145 Å². The molecule has 6 heteroatoms. The van der Waals surface area contributed by atoms with E-state index in [1.165, 1.54) is 33.4 Å². The largest absolute Gasteiger partial charge is 0.359 e. The number of nitrogens with zero attached hydrogens (tertiary/aromatic N) is 4. The van der Waals surface area contributed by atoms with Crippen LogP contribution >= 0.6 is 0 Å². The molecule has 0 saturated heterocycles. The number of aromatic nitrogens is 3. The van der Waals surface area contributed by atoms with E-state index >= 15 is 0 Å². The maximum atomic E-state index is 4.10. The number of H-pyrrole nitrogens is 2. The number of hydrogen-bond donors (Lipinski definition) is 2. The van der Waals surface area contributed by atoms with E-state index in [9.17, 15) is 0 Å². The lowest BCUT2D eigenvalue weighted by Crippen LogP contribution is -2.20. The molecule has 2 aromatic heterocycles. The van der Waals surface area contributed by atoms with Crippen molar-refractivity contribution >= 4 is 22.5 Å². The van der Waals surface area contributed by atoms with Crippen molar-refractivity contribution in [2.24, 2.45) is 16.2 Å². The highest BCUT2D eigenvalue weighted by Crippen LogP contribution is 2.42. The quantitative estimate of drug-likeness (QED) is 0.317. The van der Waals surface area contributed by atoms with Crippen molar-refractivity contribution in [1.82, 2.24) is 29.9 Å². The first-order valence-electron chi connectivity index (χ1n) is 15.0. The molecule has 5 rings (SSSR count). The Labute approximate surface area is 268 Å². The summed E-state index contributed by atoms with van der Waals surface area (Å²) in [5.41, 5.74) is 13.5. The van der Waals surface area contributed by atoms with Gasteiger partial charge in [0.05, 0.1) is 29.0 Å². The second-order valence-electron chi connectivity index (χ2n) is 14.8. The third-order valence-electron chi connectivity index (χ3n) is 8.11. The molecule has 2 aromatic rings. The Morgan fingerprint density at radius 2 is 1.14 bits per heavy atom. The van der Waals surface area contributed by atoms with E-state index in [0.717, 1.165) is 28.5 Å². The minimum absolute atomic E-state index is 0. The Bertz CT molecular complexity index is 1430. The summed E-state index contributed by atoms with van der Waals surface area (Å²) in [7, 11) is 6.10. The highest BCUT2D eigenvalue weighted by atomic mass is 15.2. The number of likely N-dealkylation sites (N-methyl/N-ethyl adjacent to an activating group) is 1. The molecule has 6 nitrogen and oxygen atoms in total. The highest BCUT2D eigenvalue weighted by molar-refractivity contribution is 5.83. The van der Waals surface area contributed by atoms with Crippen LogP contribution < -0.4 is 0 Å². The number of nitrogens with one attached hydrogen (secondary N) is 2. The molecule has 2 N–H and O–H groups in total. The molecule has 44 heavy (non-hydrogen) atoms. The van der Waals surface area contributed by atoms with Crippen LogP contribution in [-0.2, 0) is 0 Å². The molecule has 0 unspecified atom stereocenters. The predicted molar refractivity (Wildman–Crippen MR) is 193 cm³/mol. The molecule has 0 amide bonds. The maximum Gasteiger partial charge on any atom is 0.0884 e. The lowest BCUT2D eigenvalue weighted by atomic mass is 9.81. The smallest absolute Gasteiger partial charge is 0.0884 e. The van der Waals surface area contributed by atoms with Gasteiger partial charge in [-0.05, 0) is 51.5 Å². The van der Waals surface area contributed by atoms with Gasteiger partial charge in [-0.2, -0.15) is 5.10 Å². The molecule has 0 radical (unpaired) electrons. The van der Waals surface area contributed by atoms with Gasteiger partial charge in [0.2, 0.25) is 0 Å². The van der Waals surface area contributed by atoms with Crippen LogP contribution in [0.25, 0.3) is 22.5 Å². The Balaban J connectivity index is 0.000000228. The van der Waals surface area contributed by atoms with Crippen LogP contribution in [-0.4, -0.2) is 51.0 Å². The summed E-state index contributed by atoms with van der Waals surface area (Å²) in [5, 5.41) is 7.11. The van der Waals surface area contributed by atoms with Gasteiger partial charge in [-0.3, -0.25) is 5.10 Å². The molecule has 0 aliphatic carbocycles. The van der Waals surface area contributed by atoms with Gasteiger partial charge in [-0.1, -0.05) is 95.6 Å². The Hall–Kier alpha value is -3.93. The molecular formula is C38H58N6. The molecule has 3 aliphatic heterocycles. The summed E-state index contributed by atoms with van der Waals surface area (Å²) in [4.78, 5) is 9.48. The average Bonchev–Trinajstić information content (AvgIpc) is 3.56. The van der Waals surface area contributed by atoms with Crippen molar-refractivity contribution in [1.29, 1.82) is 0 Å². The summed E-state index contributed by atoms with van der Waals surface area (Å²) in [6, 6.07) is 2.13. The Kier molecular flexibility index (Phi) is 10.7. The van der Waals surface area contributed by atoms with Crippen LogP contribution in [0.1, 0.15) is 99.2 Å². The van der Waals surface area contributed by atoms with Crippen LogP contribution in [0, 0.1) is 16.2 Å². The number of rotatable bonds is 0. The minimum Gasteiger partial charge on any atom is -0.359 e. The van der Waals surface area contributed by atoms with Gasteiger partial charge in [-0.25, -0.2) is 0 Å². The molecular weight excluding hydrogens is 540 g/mol. The molecule has 0 bridgehead atoms. The third-order valence-corrected chi connectivity index (χ3v) is 8.11. The number of allylic oxidation sites excluding steroid dienone is 5. The van der Waals surface area contributed by atoms with Crippen molar-refractivity contribution in [2.45, 2.75) is 76.7 Å². The van der Waals surface area contributed by atoms with Gasteiger partial charge in [0, 0.05) is 62.8 Å². The summed E-state index contributed by atoms with van der Waals surface area (Å²) < 4.78 is 0. The zero-order chi connectivity index (χ0) is 32.7. The summed E-state index contributed by atoms with van der Waals surface area (Å²) in [5.74, 6) is 0. The molecule has 240 valence electrons. The van der Waals surface area contributed by atoms with Gasteiger partial charge in [-0.15, -0.1) is 0 Å². The van der Waals surface area contributed by atoms with Crippen LogP contribution in [0.2, 0.25) is 0 Å². The molecule has 3 aliphatic rings. The van der Waals surface area contributed by atoms with Crippen molar-refractivity contribution < 1.29 is 0 Å². The zero-order valence-corrected chi connectivity index (χ0v) is 29.0. The van der Waals surface area contributed by atoms with E-state index < -0.39 is 0 Å². The second kappa shape index (κ2) is 13.0. The second-order valence-corrected chi connectivity index (χ2v) is 14.8. The molecule has 0 spiro atoms. The fourth-order valence-corrected chi connectivity index (χ4v) is 5.10. The van der Waals surface area contributed by atoms with Crippen molar-refractivity contribution in [3.63, 3.8) is 0 Å². The van der Waals surface area contributed by atoms with Gasteiger partial charge < -0.3 is 19.7 Å². The van der Waals surface area contributed by atoms with E-state index in [4.69, 9.17) is 0 Å². The number of aromatic amines is 2. The molecule has 0 aromatic carbocycles. The third kappa shape index (κ3) is 7.77. The first-order chi connectivity index (χ1) is 19.6. The van der Waals surface area contributed by atoms with Gasteiger partial charge in [0.15, 0.2) is 0 Å². The van der Waals surface area contributed by atoms with E-state index in [1.807, 2.05) is 38.4 Å². The zero-order valence-electron chi connectivity index (χ0n) is 29.0.